The van der Waals surface area contributed by atoms with Crippen LogP contribution in [0, 0.1) is 17.8 Å². The molecule has 2 atom stereocenters. The highest BCUT2D eigenvalue weighted by Crippen LogP contribution is 2.44. The van der Waals surface area contributed by atoms with Crippen LogP contribution in [0.1, 0.15) is 66.9 Å². The molecule has 0 bridgehead atoms. The van der Waals surface area contributed by atoms with Crippen molar-refractivity contribution in [2.24, 2.45) is 24.8 Å². The standard InChI is InChI=1S/C19H27N3O3/c1-21-9-16(17(20-21)13-5-3-2-4-6-13)18(23)22-10-14(12-7-8-12)15(11-22)19(24)25/h9,12-15H,2-8,10-11H2,1H3,(H,24,25)/t14-,15+/m1/s1. The quantitative estimate of drug-likeness (QED) is 0.910. The molecule has 2 heterocycles. The minimum atomic E-state index is -0.758. The summed E-state index contributed by atoms with van der Waals surface area (Å²) in [5.74, 6) is -0.215. The maximum atomic E-state index is 13.2. The highest BCUT2D eigenvalue weighted by molar-refractivity contribution is 5.96. The Labute approximate surface area is 148 Å². The van der Waals surface area contributed by atoms with Crippen molar-refractivity contribution >= 4 is 11.9 Å². The number of likely N-dealkylation sites (tertiary alicyclic amines) is 1. The largest absolute Gasteiger partial charge is 0.481 e. The van der Waals surface area contributed by atoms with E-state index in [1.54, 1.807) is 9.58 Å². The Morgan fingerprint density at radius 3 is 2.48 bits per heavy atom. The van der Waals surface area contributed by atoms with Gasteiger partial charge < -0.3 is 10.0 Å². The minimum Gasteiger partial charge on any atom is -0.481 e. The molecule has 3 fully saturated rings. The van der Waals surface area contributed by atoms with E-state index in [9.17, 15) is 14.7 Å². The molecule has 1 amide bonds. The number of hydrogen-bond acceptors (Lipinski definition) is 3. The number of rotatable bonds is 4. The second-order valence-corrected chi connectivity index (χ2v) is 8.09. The second kappa shape index (κ2) is 6.46. The molecule has 25 heavy (non-hydrogen) atoms. The van der Waals surface area contributed by atoms with Crippen LogP contribution in [0.4, 0.5) is 0 Å². The van der Waals surface area contributed by atoms with E-state index >= 15 is 0 Å². The van der Waals surface area contributed by atoms with Gasteiger partial charge in [-0.05, 0) is 37.5 Å². The van der Waals surface area contributed by atoms with Crippen molar-refractivity contribution in [1.82, 2.24) is 14.7 Å². The van der Waals surface area contributed by atoms with E-state index in [0.29, 0.717) is 30.5 Å². The monoisotopic (exact) mass is 345 g/mol. The van der Waals surface area contributed by atoms with E-state index in [0.717, 1.165) is 31.4 Å². The molecule has 0 radical (unpaired) electrons. The number of hydrogen-bond donors (Lipinski definition) is 1. The number of carbonyl (C=O) groups is 2. The lowest BCUT2D eigenvalue weighted by Crippen LogP contribution is -2.30. The molecule has 1 aliphatic heterocycles. The molecular weight excluding hydrogens is 318 g/mol. The fourth-order valence-electron chi connectivity index (χ4n) is 4.78. The van der Waals surface area contributed by atoms with Gasteiger partial charge in [-0.3, -0.25) is 14.3 Å². The van der Waals surface area contributed by atoms with Gasteiger partial charge >= 0.3 is 5.97 Å². The number of amides is 1. The number of aryl methyl sites for hydroxylation is 1. The first kappa shape index (κ1) is 16.6. The van der Waals surface area contributed by atoms with Gasteiger partial charge in [0, 0.05) is 32.3 Å². The number of carboxylic acids is 1. The molecule has 0 aromatic carbocycles. The number of nitrogens with zero attached hydrogens (tertiary/aromatic N) is 3. The Balaban J connectivity index is 1.56. The van der Waals surface area contributed by atoms with E-state index in [1.807, 2.05) is 13.2 Å². The van der Waals surface area contributed by atoms with E-state index in [4.69, 9.17) is 0 Å². The maximum Gasteiger partial charge on any atom is 0.308 e. The second-order valence-electron chi connectivity index (χ2n) is 8.09. The summed E-state index contributed by atoms with van der Waals surface area (Å²) >= 11 is 0. The van der Waals surface area contributed by atoms with Gasteiger partial charge in [0.25, 0.3) is 5.91 Å². The van der Waals surface area contributed by atoms with Crippen molar-refractivity contribution in [3.8, 4) is 0 Å². The van der Waals surface area contributed by atoms with Gasteiger partial charge in [0.1, 0.15) is 0 Å². The molecule has 6 heteroatoms. The minimum absolute atomic E-state index is 0.0249. The maximum absolute atomic E-state index is 13.2. The Morgan fingerprint density at radius 2 is 1.84 bits per heavy atom. The average Bonchev–Trinajstić information content (AvgIpc) is 3.23. The fourth-order valence-corrected chi connectivity index (χ4v) is 4.78. The van der Waals surface area contributed by atoms with Gasteiger partial charge in [-0.15, -0.1) is 0 Å². The summed E-state index contributed by atoms with van der Waals surface area (Å²) in [6.07, 6.45) is 9.90. The Kier molecular flexibility index (Phi) is 4.29. The number of carboxylic acid groups (broad SMARTS) is 1. The first-order valence-electron chi connectivity index (χ1n) is 9.60. The molecular formula is C19H27N3O3. The highest BCUT2D eigenvalue weighted by atomic mass is 16.4. The van der Waals surface area contributed by atoms with Crippen LogP contribution in [-0.4, -0.2) is 44.8 Å². The van der Waals surface area contributed by atoms with Crippen LogP contribution >= 0.6 is 0 Å². The van der Waals surface area contributed by atoms with Crippen molar-refractivity contribution in [3.05, 3.63) is 17.5 Å². The third-order valence-electron chi connectivity index (χ3n) is 6.28. The predicted octanol–water partition coefficient (Wildman–Crippen LogP) is 2.65. The van der Waals surface area contributed by atoms with E-state index < -0.39 is 11.9 Å². The number of aliphatic carboxylic acids is 1. The van der Waals surface area contributed by atoms with Crippen LogP contribution < -0.4 is 0 Å². The highest BCUT2D eigenvalue weighted by Gasteiger charge is 2.47. The molecule has 1 aromatic rings. The van der Waals surface area contributed by atoms with Crippen molar-refractivity contribution in [1.29, 1.82) is 0 Å². The van der Waals surface area contributed by atoms with Crippen molar-refractivity contribution in [2.75, 3.05) is 13.1 Å². The zero-order valence-electron chi connectivity index (χ0n) is 14.9. The SMILES string of the molecule is Cn1cc(C(=O)N2C[C@H](C(=O)O)[C@@H](C3CC3)C2)c(C2CCCCC2)n1. The summed E-state index contributed by atoms with van der Waals surface area (Å²) in [7, 11) is 1.86. The van der Waals surface area contributed by atoms with Crippen LogP contribution in [-0.2, 0) is 11.8 Å². The summed E-state index contributed by atoms with van der Waals surface area (Å²) in [6, 6.07) is 0. The van der Waals surface area contributed by atoms with Gasteiger partial charge in [-0.25, -0.2) is 0 Å². The van der Waals surface area contributed by atoms with Crippen LogP contribution in [0.25, 0.3) is 0 Å². The normalized spacial score (nSPS) is 27.6. The van der Waals surface area contributed by atoms with E-state index in [1.165, 1.54) is 19.3 Å². The van der Waals surface area contributed by atoms with E-state index in [-0.39, 0.29) is 11.8 Å². The first-order valence-corrected chi connectivity index (χ1v) is 9.60. The van der Waals surface area contributed by atoms with Gasteiger partial charge in [0.15, 0.2) is 0 Å². The van der Waals surface area contributed by atoms with Crippen molar-refractivity contribution in [3.63, 3.8) is 0 Å². The summed E-state index contributed by atoms with van der Waals surface area (Å²) in [5, 5.41) is 14.1. The Morgan fingerprint density at radius 1 is 1.12 bits per heavy atom. The molecule has 0 spiro atoms. The molecule has 1 saturated heterocycles. The van der Waals surface area contributed by atoms with Crippen molar-refractivity contribution < 1.29 is 14.7 Å². The molecule has 136 valence electrons. The Hall–Kier alpha value is -1.85. The molecule has 0 unspecified atom stereocenters. The van der Waals surface area contributed by atoms with Crippen LogP contribution in [0.15, 0.2) is 6.20 Å². The molecule has 1 N–H and O–H groups in total. The summed E-state index contributed by atoms with van der Waals surface area (Å²) in [5.41, 5.74) is 1.61. The molecule has 2 saturated carbocycles. The third kappa shape index (κ3) is 3.18. The van der Waals surface area contributed by atoms with Gasteiger partial charge in [0.2, 0.25) is 0 Å². The predicted molar refractivity (Wildman–Crippen MR) is 92.3 cm³/mol. The van der Waals surface area contributed by atoms with Crippen LogP contribution in [0.5, 0.6) is 0 Å². The summed E-state index contributed by atoms with van der Waals surface area (Å²) in [6.45, 7) is 0.924. The van der Waals surface area contributed by atoms with E-state index in [2.05, 4.69) is 5.10 Å². The topological polar surface area (TPSA) is 75.4 Å². The summed E-state index contributed by atoms with van der Waals surface area (Å²) < 4.78 is 1.74. The molecule has 6 nitrogen and oxygen atoms in total. The lowest BCUT2D eigenvalue weighted by Gasteiger charge is -2.22. The number of carbonyl (C=O) groups excluding carboxylic acids is 1. The average molecular weight is 345 g/mol. The van der Waals surface area contributed by atoms with Gasteiger partial charge in [-0.1, -0.05) is 19.3 Å². The zero-order chi connectivity index (χ0) is 17.6. The van der Waals surface area contributed by atoms with Gasteiger partial charge in [-0.2, -0.15) is 5.10 Å². The lowest BCUT2D eigenvalue weighted by molar-refractivity contribution is -0.142. The molecule has 4 rings (SSSR count). The Bertz CT molecular complexity index is 673. The number of aromatic nitrogens is 2. The van der Waals surface area contributed by atoms with Crippen LogP contribution in [0.3, 0.4) is 0 Å². The third-order valence-corrected chi connectivity index (χ3v) is 6.28. The smallest absolute Gasteiger partial charge is 0.308 e. The fraction of sp³-hybridized carbons (Fsp3) is 0.737. The van der Waals surface area contributed by atoms with Crippen molar-refractivity contribution in [2.45, 2.75) is 50.9 Å². The lowest BCUT2D eigenvalue weighted by atomic mass is 9.85. The zero-order valence-corrected chi connectivity index (χ0v) is 14.9. The molecule has 2 aliphatic carbocycles. The molecule has 3 aliphatic rings. The van der Waals surface area contributed by atoms with Gasteiger partial charge in [0.05, 0.1) is 17.2 Å². The molecule has 1 aromatic heterocycles. The first-order chi connectivity index (χ1) is 12.0. The van der Waals surface area contributed by atoms with Crippen LogP contribution in [0.2, 0.25) is 0 Å². The summed E-state index contributed by atoms with van der Waals surface area (Å²) in [4.78, 5) is 26.5.